The summed E-state index contributed by atoms with van der Waals surface area (Å²) in [6.45, 7) is 1.86. The number of rotatable bonds is 2. The van der Waals surface area contributed by atoms with E-state index in [1.54, 1.807) is 6.07 Å². The van der Waals surface area contributed by atoms with E-state index in [9.17, 15) is 4.79 Å². The van der Waals surface area contributed by atoms with E-state index in [0.29, 0.717) is 27.9 Å². The fourth-order valence-corrected chi connectivity index (χ4v) is 2.58. The molecule has 0 saturated heterocycles. The number of nitrogens with zero attached hydrogens (tertiary/aromatic N) is 1. The summed E-state index contributed by atoms with van der Waals surface area (Å²) in [6, 6.07) is 10.9. The summed E-state index contributed by atoms with van der Waals surface area (Å²) in [7, 11) is 0. The van der Waals surface area contributed by atoms with Crippen molar-refractivity contribution >= 4 is 43.7 Å². The van der Waals surface area contributed by atoms with E-state index >= 15 is 0 Å². The number of aryl methyl sites for hydroxylation is 1. The molecular weight excluding hydrogens is 342 g/mol. The van der Waals surface area contributed by atoms with Gasteiger partial charge < -0.3 is 4.42 Å². The number of carbonyl (C=O) groups excluding carboxylic acids is 1. The van der Waals surface area contributed by atoms with E-state index in [-0.39, 0.29) is 0 Å². The van der Waals surface area contributed by atoms with Crippen LogP contribution in [0.25, 0.3) is 22.4 Å². The first-order valence-electron chi connectivity index (χ1n) is 5.91. The number of hydrogen-bond donors (Lipinski definition) is 0. The molecular formula is C15H9BrClNO2. The predicted molar refractivity (Wildman–Crippen MR) is 82.1 cm³/mol. The van der Waals surface area contributed by atoms with E-state index in [4.69, 9.17) is 16.0 Å². The Morgan fingerprint density at radius 3 is 2.70 bits per heavy atom. The van der Waals surface area contributed by atoms with E-state index in [1.165, 1.54) is 0 Å². The van der Waals surface area contributed by atoms with Gasteiger partial charge >= 0.3 is 0 Å². The average molecular weight is 351 g/mol. The summed E-state index contributed by atoms with van der Waals surface area (Å²) in [5.74, 6) is 1.41. The molecule has 0 aliphatic rings. The van der Waals surface area contributed by atoms with Crippen LogP contribution in [0.3, 0.4) is 0 Å². The minimum absolute atomic E-state index is 0.419. The number of furan rings is 1. The van der Waals surface area contributed by atoms with Crippen molar-refractivity contribution in [3.8, 4) is 11.5 Å². The molecule has 0 radical (unpaired) electrons. The lowest BCUT2D eigenvalue weighted by Crippen LogP contribution is -1.95. The first-order valence-corrected chi connectivity index (χ1v) is 7.08. The van der Waals surface area contributed by atoms with E-state index in [0.717, 1.165) is 10.2 Å². The van der Waals surface area contributed by atoms with Crippen LogP contribution in [-0.2, 0) is 0 Å². The Labute approximate surface area is 128 Å². The predicted octanol–water partition coefficient (Wildman–Crippen LogP) is 4.94. The second-order valence-corrected chi connectivity index (χ2v) is 5.66. The third-order valence-electron chi connectivity index (χ3n) is 2.98. The molecule has 0 aliphatic carbocycles. The van der Waals surface area contributed by atoms with Gasteiger partial charge in [-0.25, -0.2) is 4.98 Å². The minimum atomic E-state index is -0.514. The largest absolute Gasteiger partial charge is 0.460 e. The van der Waals surface area contributed by atoms with Crippen LogP contribution in [0.4, 0.5) is 0 Å². The van der Waals surface area contributed by atoms with Crippen molar-refractivity contribution in [2.24, 2.45) is 0 Å². The summed E-state index contributed by atoms with van der Waals surface area (Å²) in [6.07, 6.45) is 0. The molecule has 3 aromatic rings. The molecule has 2 aromatic heterocycles. The van der Waals surface area contributed by atoms with E-state index in [1.807, 2.05) is 37.3 Å². The highest BCUT2D eigenvalue weighted by molar-refractivity contribution is 9.10. The van der Waals surface area contributed by atoms with E-state index in [2.05, 4.69) is 20.9 Å². The maximum atomic E-state index is 11.7. The molecule has 0 unspecified atom stereocenters. The van der Waals surface area contributed by atoms with Gasteiger partial charge in [0.05, 0.1) is 5.52 Å². The van der Waals surface area contributed by atoms with Crippen LogP contribution in [0.15, 0.2) is 45.3 Å². The van der Waals surface area contributed by atoms with Gasteiger partial charge in [-0.2, -0.15) is 0 Å². The summed E-state index contributed by atoms with van der Waals surface area (Å²) < 4.78 is 6.42. The van der Waals surface area contributed by atoms with Gasteiger partial charge in [0, 0.05) is 15.4 Å². The van der Waals surface area contributed by atoms with Gasteiger partial charge in [0.15, 0.2) is 5.76 Å². The first-order chi connectivity index (χ1) is 9.54. The topological polar surface area (TPSA) is 43.1 Å². The molecule has 0 amide bonds. The number of pyridine rings is 1. The fourth-order valence-electron chi connectivity index (χ4n) is 2.06. The molecule has 0 aliphatic heterocycles. The summed E-state index contributed by atoms with van der Waals surface area (Å²) >= 11 is 9.07. The summed E-state index contributed by atoms with van der Waals surface area (Å²) in [5.41, 5.74) is 1.71. The molecule has 0 N–H and O–H groups in total. The minimum Gasteiger partial charge on any atom is -0.460 e. The zero-order valence-corrected chi connectivity index (χ0v) is 12.8. The van der Waals surface area contributed by atoms with Gasteiger partial charge in [-0.15, -0.1) is 0 Å². The number of benzene rings is 1. The Morgan fingerprint density at radius 1 is 1.25 bits per heavy atom. The van der Waals surface area contributed by atoms with Crippen molar-refractivity contribution in [1.82, 2.24) is 4.98 Å². The number of aromatic nitrogens is 1. The SMILES string of the molecule is Cc1ccc(-c2cc(C(=O)Cl)c3cc(Br)ccc3n2)o1. The fraction of sp³-hybridized carbons (Fsp3) is 0.0667. The maximum Gasteiger partial charge on any atom is 0.253 e. The smallest absolute Gasteiger partial charge is 0.253 e. The quantitative estimate of drug-likeness (QED) is 0.614. The van der Waals surface area contributed by atoms with Crippen molar-refractivity contribution in [3.63, 3.8) is 0 Å². The van der Waals surface area contributed by atoms with Gasteiger partial charge in [0.1, 0.15) is 11.5 Å². The standard InChI is InChI=1S/C15H9BrClNO2/c1-8-2-5-14(20-8)13-7-11(15(17)19)10-6-9(16)3-4-12(10)18-13/h2-7H,1H3. The maximum absolute atomic E-state index is 11.7. The van der Waals surface area contributed by atoms with Crippen molar-refractivity contribution < 1.29 is 9.21 Å². The molecule has 100 valence electrons. The zero-order chi connectivity index (χ0) is 14.3. The molecule has 2 heterocycles. The second-order valence-electron chi connectivity index (χ2n) is 4.40. The van der Waals surface area contributed by atoms with Crippen LogP contribution in [0.1, 0.15) is 16.1 Å². The van der Waals surface area contributed by atoms with Crippen LogP contribution < -0.4 is 0 Å². The molecule has 0 saturated carbocycles. The third kappa shape index (κ3) is 2.37. The molecule has 0 bridgehead atoms. The second kappa shape index (κ2) is 5.04. The molecule has 0 spiro atoms. The van der Waals surface area contributed by atoms with Crippen LogP contribution in [0.5, 0.6) is 0 Å². The third-order valence-corrected chi connectivity index (χ3v) is 3.67. The summed E-state index contributed by atoms with van der Waals surface area (Å²) in [5, 5.41) is 0.200. The first kappa shape index (κ1) is 13.3. The molecule has 3 rings (SSSR count). The van der Waals surface area contributed by atoms with E-state index < -0.39 is 5.24 Å². The lowest BCUT2D eigenvalue weighted by Gasteiger charge is -2.06. The normalized spacial score (nSPS) is 10.9. The van der Waals surface area contributed by atoms with Crippen molar-refractivity contribution in [2.75, 3.05) is 0 Å². The average Bonchev–Trinajstić information content (AvgIpc) is 2.84. The summed E-state index contributed by atoms with van der Waals surface area (Å²) in [4.78, 5) is 16.2. The molecule has 20 heavy (non-hydrogen) atoms. The van der Waals surface area contributed by atoms with Crippen molar-refractivity contribution in [2.45, 2.75) is 6.92 Å². The highest BCUT2D eigenvalue weighted by atomic mass is 79.9. The Morgan fingerprint density at radius 2 is 2.05 bits per heavy atom. The molecule has 1 aromatic carbocycles. The molecule has 5 heteroatoms. The monoisotopic (exact) mass is 349 g/mol. The Balaban J connectivity index is 2.31. The Kier molecular flexibility index (Phi) is 3.36. The van der Waals surface area contributed by atoms with Gasteiger partial charge in [-0.3, -0.25) is 4.79 Å². The Hall–Kier alpha value is -1.65. The van der Waals surface area contributed by atoms with Gasteiger partial charge in [0.2, 0.25) is 0 Å². The highest BCUT2D eigenvalue weighted by Crippen LogP contribution is 2.28. The Bertz CT molecular complexity index is 826. The zero-order valence-electron chi connectivity index (χ0n) is 10.5. The van der Waals surface area contributed by atoms with Crippen LogP contribution in [0, 0.1) is 6.92 Å². The number of carbonyl (C=O) groups is 1. The number of fused-ring (bicyclic) bond motifs is 1. The lowest BCUT2D eigenvalue weighted by molar-refractivity contribution is 0.108. The number of halogens is 2. The van der Waals surface area contributed by atoms with Crippen molar-refractivity contribution in [3.05, 3.63) is 52.2 Å². The van der Waals surface area contributed by atoms with Gasteiger partial charge in [0.25, 0.3) is 5.24 Å². The van der Waals surface area contributed by atoms with Crippen LogP contribution in [-0.4, -0.2) is 10.2 Å². The van der Waals surface area contributed by atoms with Crippen LogP contribution >= 0.6 is 27.5 Å². The molecule has 3 nitrogen and oxygen atoms in total. The molecule has 0 fully saturated rings. The number of hydrogen-bond acceptors (Lipinski definition) is 3. The highest BCUT2D eigenvalue weighted by Gasteiger charge is 2.14. The van der Waals surface area contributed by atoms with Crippen molar-refractivity contribution in [1.29, 1.82) is 0 Å². The van der Waals surface area contributed by atoms with Gasteiger partial charge in [-0.05, 0) is 54.9 Å². The lowest BCUT2D eigenvalue weighted by atomic mass is 10.1. The van der Waals surface area contributed by atoms with Gasteiger partial charge in [-0.1, -0.05) is 15.9 Å². The molecule has 0 atom stereocenters. The van der Waals surface area contributed by atoms with Crippen LogP contribution in [0.2, 0.25) is 0 Å².